The second kappa shape index (κ2) is 6.57. The summed E-state index contributed by atoms with van der Waals surface area (Å²) in [5.74, 6) is 0.134. The molecule has 0 amide bonds. The number of rotatable bonds is 6. The Morgan fingerprint density at radius 1 is 1.08 bits per heavy atom. The van der Waals surface area contributed by atoms with Gasteiger partial charge in [0.15, 0.2) is 0 Å². The summed E-state index contributed by atoms with van der Waals surface area (Å²) >= 11 is 0. The van der Waals surface area contributed by atoms with Crippen molar-refractivity contribution in [1.29, 1.82) is 0 Å². The summed E-state index contributed by atoms with van der Waals surface area (Å²) in [4.78, 5) is 0. The van der Waals surface area contributed by atoms with Gasteiger partial charge in [-0.15, -0.1) is 0 Å². The third kappa shape index (κ3) is 8.47. The summed E-state index contributed by atoms with van der Waals surface area (Å²) in [6.07, 6.45) is 0. The molecule has 0 aromatic rings. The highest BCUT2D eigenvalue weighted by molar-refractivity contribution is 6.36. The molecule has 0 aromatic heterocycles. The van der Waals surface area contributed by atoms with Gasteiger partial charge >= 0.3 is 0 Å². The van der Waals surface area contributed by atoms with Crippen molar-refractivity contribution in [2.24, 2.45) is 5.41 Å². The first kappa shape index (κ1) is 13.1. The molecular weight excluding hydrogens is 180 g/mol. The lowest BCUT2D eigenvalue weighted by Gasteiger charge is -2.22. The van der Waals surface area contributed by atoms with Gasteiger partial charge in [-0.05, 0) is 19.3 Å². The van der Waals surface area contributed by atoms with Crippen LogP contribution in [-0.4, -0.2) is 28.6 Å². The Balaban J connectivity index is 3.68. The van der Waals surface area contributed by atoms with Gasteiger partial charge in [0.2, 0.25) is 0 Å². The average molecular weight is 204 g/mol. The van der Waals surface area contributed by atoms with Crippen LogP contribution < -0.4 is 0 Å². The zero-order valence-electron chi connectivity index (χ0n) is 9.72. The first-order chi connectivity index (χ1) is 5.99. The summed E-state index contributed by atoms with van der Waals surface area (Å²) in [5, 5.41) is 0. The molecule has 80 valence electrons. The van der Waals surface area contributed by atoms with Crippen LogP contribution in [0.5, 0.6) is 0 Å². The number of hydrogen-bond donors (Lipinski definition) is 0. The maximum absolute atomic E-state index is 5.52. The molecule has 0 aromatic carbocycles. The average Bonchev–Trinajstić information content (AvgIpc) is 2.00. The van der Waals surface area contributed by atoms with E-state index in [1.54, 1.807) is 0 Å². The Morgan fingerprint density at radius 3 is 1.85 bits per heavy atom. The van der Waals surface area contributed by atoms with Crippen molar-refractivity contribution < 1.29 is 9.47 Å². The van der Waals surface area contributed by atoms with E-state index in [0.29, 0.717) is 5.41 Å². The van der Waals surface area contributed by atoms with Crippen LogP contribution in [0.4, 0.5) is 0 Å². The van der Waals surface area contributed by atoms with E-state index in [1.807, 2.05) is 13.8 Å². The minimum atomic E-state index is -0.245. The largest absolute Gasteiger partial charge is 0.357 e. The lowest BCUT2D eigenvalue weighted by molar-refractivity contribution is -0.0831. The highest BCUT2D eigenvalue weighted by Gasteiger charge is 2.15. The molecule has 2 nitrogen and oxygen atoms in total. The lowest BCUT2D eigenvalue weighted by atomic mass is 10.0. The van der Waals surface area contributed by atoms with Gasteiger partial charge in [-0.1, -0.05) is 26.8 Å². The van der Waals surface area contributed by atoms with E-state index in [-0.39, 0.29) is 15.4 Å². The molecule has 3 heteroatoms. The van der Waals surface area contributed by atoms with Gasteiger partial charge in [0.05, 0.1) is 9.52 Å². The second-order valence-corrected chi connectivity index (χ2v) is 6.18. The van der Waals surface area contributed by atoms with E-state index in [9.17, 15) is 0 Å². The van der Waals surface area contributed by atoms with Crippen molar-refractivity contribution >= 4 is 9.52 Å². The smallest absolute Gasteiger partial charge is 0.134 e. The topological polar surface area (TPSA) is 18.5 Å². The Labute approximate surface area is 84.8 Å². The highest BCUT2D eigenvalue weighted by atomic mass is 28.2. The zero-order chi connectivity index (χ0) is 10.3. The van der Waals surface area contributed by atoms with Crippen molar-refractivity contribution in [3.05, 3.63) is 0 Å². The van der Waals surface area contributed by atoms with Crippen molar-refractivity contribution in [2.75, 3.05) is 13.2 Å². The van der Waals surface area contributed by atoms with Crippen LogP contribution in [-0.2, 0) is 9.47 Å². The summed E-state index contributed by atoms with van der Waals surface area (Å²) in [7, 11) is -0.245. The maximum Gasteiger partial charge on any atom is 0.134 e. The molecule has 0 aliphatic rings. The zero-order valence-corrected chi connectivity index (χ0v) is 11.1. The monoisotopic (exact) mass is 204 g/mol. The second-order valence-electron chi connectivity index (χ2n) is 4.44. The Kier molecular flexibility index (Phi) is 6.64. The minimum absolute atomic E-state index is 0.134. The molecule has 0 unspecified atom stereocenters. The van der Waals surface area contributed by atoms with Crippen molar-refractivity contribution in [3.63, 3.8) is 0 Å². The molecule has 0 radical (unpaired) electrons. The van der Waals surface area contributed by atoms with Crippen LogP contribution in [0, 0.1) is 5.41 Å². The van der Waals surface area contributed by atoms with E-state index < -0.39 is 0 Å². The highest BCUT2D eigenvalue weighted by Crippen LogP contribution is 2.19. The van der Waals surface area contributed by atoms with Gasteiger partial charge in [-0.3, -0.25) is 0 Å². The number of hydrogen-bond acceptors (Lipinski definition) is 2. The summed E-state index contributed by atoms with van der Waals surface area (Å²) < 4.78 is 11.0. The van der Waals surface area contributed by atoms with E-state index in [1.165, 1.54) is 6.04 Å². The Bertz CT molecular complexity index is 115. The fraction of sp³-hybridized carbons (Fsp3) is 1.00. The molecule has 0 aliphatic carbocycles. The summed E-state index contributed by atoms with van der Waals surface area (Å²) in [6.45, 7) is 12.4. The van der Waals surface area contributed by atoms with Crippen molar-refractivity contribution in [2.45, 2.75) is 46.6 Å². The van der Waals surface area contributed by atoms with E-state index in [4.69, 9.17) is 9.47 Å². The van der Waals surface area contributed by atoms with E-state index >= 15 is 0 Å². The molecule has 0 saturated heterocycles. The van der Waals surface area contributed by atoms with Crippen LogP contribution in [0.25, 0.3) is 0 Å². The van der Waals surface area contributed by atoms with E-state index in [2.05, 4.69) is 20.8 Å². The van der Waals surface area contributed by atoms with Gasteiger partial charge < -0.3 is 9.47 Å². The summed E-state index contributed by atoms with van der Waals surface area (Å²) in [6, 6.07) is 1.28. The predicted molar refractivity (Wildman–Crippen MR) is 59.8 cm³/mol. The third-order valence-electron chi connectivity index (χ3n) is 1.84. The van der Waals surface area contributed by atoms with E-state index in [0.717, 1.165) is 13.2 Å². The molecule has 13 heavy (non-hydrogen) atoms. The lowest BCUT2D eigenvalue weighted by Crippen LogP contribution is -2.27. The van der Waals surface area contributed by atoms with Gasteiger partial charge in [0.1, 0.15) is 5.91 Å². The minimum Gasteiger partial charge on any atom is -0.357 e. The molecule has 0 bridgehead atoms. The first-order valence-electron chi connectivity index (χ1n) is 5.22. The molecule has 0 spiro atoms. The Hall–Kier alpha value is 0.137. The standard InChI is InChI=1S/C10H24O2Si/c1-6-11-9(12-7-2)13-8-10(3,4)5/h9H,6-8,13H2,1-5H3. The summed E-state index contributed by atoms with van der Waals surface area (Å²) in [5.41, 5.74) is 0.429. The maximum atomic E-state index is 5.52. The molecule has 0 N–H and O–H groups in total. The van der Waals surface area contributed by atoms with Crippen LogP contribution in [0.1, 0.15) is 34.6 Å². The van der Waals surface area contributed by atoms with Crippen LogP contribution in [0.3, 0.4) is 0 Å². The van der Waals surface area contributed by atoms with Crippen molar-refractivity contribution in [1.82, 2.24) is 0 Å². The van der Waals surface area contributed by atoms with Crippen molar-refractivity contribution in [3.8, 4) is 0 Å². The van der Waals surface area contributed by atoms with Gasteiger partial charge in [-0.25, -0.2) is 0 Å². The third-order valence-corrected chi connectivity index (χ3v) is 4.57. The van der Waals surface area contributed by atoms with Crippen LogP contribution >= 0.6 is 0 Å². The van der Waals surface area contributed by atoms with Crippen LogP contribution in [0.2, 0.25) is 6.04 Å². The van der Waals surface area contributed by atoms with Gasteiger partial charge in [0.25, 0.3) is 0 Å². The quantitative estimate of drug-likeness (QED) is 0.486. The fourth-order valence-corrected chi connectivity index (χ4v) is 3.04. The Morgan fingerprint density at radius 2 is 1.54 bits per heavy atom. The molecule has 0 saturated carbocycles. The van der Waals surface area contributed by atoms with Crippen LogP contribution in [0.15, 0.2) is 0 Å². The molecule has 0 fully saturated rings. The molecule has 0 heterocycles. The molecule has 0 rings (SSSR count). The van der Waals surface area contributed by atoms with Gasteiger partial charge in [-0.2, -0.15) is 0 Å². The van der Waals surface area contributed by atoms with Gasteiger partial charge in [0, 0.05) is 13.2 Å². The molecular formula is C10H24O2Si. The number of ether oxygens (including phenoxy) is 2. The molecule has 0 atom stereocenters. The normalized spacial score (nSPS) is 13.4. The molecule has 0 aliphatic heterocycles. The fourth-order valence-electron chi connectivity index (χ4n) is 1.14. The predicted octanol–water partition coefficient (Wildman–Crippen LogP) is 1.98. The SMILES string of the molecule is CCOC(OCC)[SiH2]CC(C)(C)C. The first-order valence-corrected chi connectivity index (χ1v) is 7.04.